The van der Waals surface area contributed by atoms with Crippen LogP contribution >= 0.6 is 0 Å². The van der Waals surface area contributed by atoms with Crippen molar-refractivity contribution in [2.75, 3.05) is 12.4 Å². The molecule has 1 N–H and O–H groups in total. The number of ether oxygens (including phenoxy) is 1. The van der Waals surface area contributed by atoms with E-state index in [1.165, 1.54) is 7.11 Å². The fraction of sp³-hybridized carbons (Fsp3) is 0.333. The summed E-state index contributed by atoms with van der Waals surface area (Å²) in [5.74, 6) is 0.654. The molecule has 2 aromatic rings. The molecule has 0 radical (unpaired) electrons. The molecule has 0 fully saturated rings. The fourth-order valence-electron chi connectivity index (χ4n) is 2.72. The second kappa shape index (κ2) is 5.50. The van der Waals surface area contributed by atoms with Crippen molar-refractivity contribution in [1.82, 2.24) is 9.78 Å². The van der Waals surface area contributed by atoms with Crippen LogP contribution in [0, 0.1) is 11.3 Å². The number of halogens is 3. The van der Waals surface area contributed by atoms with Gasteiger partial charge in [-0.3, -0.25) is 0 Å². The summed E-state index contributed by atoms with van der Waals surface area (Å²) in [4.78, 5) is 0. The molecule has 0 amide bonds. The van der Waals surface area contributed by atoms with Gasteiger partial charge in [-0.2, -0.15) is 23.5 Å². The van der Waals surface area contributed by atoms with E-state index in [0.29, 0.717) is 11.3 Å². The number of methoxy groups -OCH3 is 1. The van der Waals surface area contributed by atoms with Gasteiger partial charge in [0, 0.05) is 6.42 Å². The van der Waals surface area contributed by atoms with E-state index >= 15 is 0 Å². The van der Waals surface area contributed by atoms with Crippen molar-refractivity contribution in [2.24, 2.45) is 0 Å². The van der Waals surface area contributed by atoms with Crippen molar-refractivity contribution >= 4 is 5.82 Å². The molecule has 0 saturated heterocycles. The van der Waals surface area contributed by atoms with E-state index in [1.54, 1.807) is 24.3 Å². The van der Waals surface area contributed by atoms with Crippen molar-refractivity contribution in [3.63, 3.8) is 0 Å². The third-order valence-corrected chi connectivity index (χ3v) is 3.86. The molecule has 1 aliphatic heterocycles. The first-order valence-electron chi connectivity index (χ1n) is 6.89. The van der Waals surface area contributed by atoms with Crippen LogP contribution in [0.4, 0.5) is 19.0 Å². The van der Waals surface area contributed by atoms with Gasteiger partial charge in [0.1, 0.15) is 23.2 Å². The highest BCUT2D eigenvalue weighted by atomic mass is 19.4. The summed E-state index contributed by atoms with van der Waals surface area (Å²) in [6, 6.07) is 6.34. The number of nitrogens with one attached hydrogen (secondary N) is 1. The molecule has 0 bridgehead atoms. The van der Waals surface area contributed by atoms with Crippen molar-refractivity contribution < 1.29 is 17.9 Å². The summed E-state index contributed by atoms with van der Waals surface area (Å²) in [5.41, 5.74) is 0.752. The predicted molar refractivity (Wildman–Crippen MR) is 76.0 cm³/mol. The Kier molecular flexibility index (Phi) is 3.64. The van der Waals surface area contributed by atoms with Gasteiger partial charge < -0.3 is 10.1 Å². The zero-order valence-corrected chi connectivity index (χ0v) is 12.1. The maximum atomic E-state index is 13.4. The standard InChI is InChI=1S/C15H13F3N4O/c1-23-11-4-2-3-9(5-11)12-6-13(15(16,17)18)22-14(21-12)10(7-19)8-20-22/h2-5,8,12-13,21H,6H2,1H3/t12-,13+/m1/s1. The Labute approximate surface area is 130 Å². The lowest BCUT2D eigenvalue weighted by atomic mass is 9.96. The topological polar surface area (TPSA) is 62.9 Å². The number of aromatic nitrogens is 2. The lowest BCUT2D eigenvalue weighted by molar-refractivity contribution is -0.173. The lowest BCUT2D eigenvalue weighted by Crippen LogP contribution is -2.35. The molecule has 1 aromatic heterocycles. The number of alkyl halides is 3. The van der Waals surface area contributed by atoms with Crippen molar-refractivity contribution in [2.45, 2.75) is 24.7 Å². The zero-order chi connectivity index (χ0) is 16.6. The SMILES string of the molecule is COc1cccc([C@H]2C[C@@H](C(F)(F)F)n3ncc(C#N)c3N2)c1. The van der Waals surface area contributed by atoms with Gasteiger partial charge in [-0.15, -0.1) is 0 Å². The molecule has 8 heteroatoms. The van der Waals surface area contributed by atoms with Crippen molar-refractivity contribution in [3.8, 4) is 11.8 Å². The molecule has 2 heterocycles. The second-order valence-corrected chi connectivity index (χ2v) is 5.23. The van der Waals surface area contributed by atoms with Crippen LogP contribution in [0.1, 0.15) is 29.6 Å². The van der Waals surface area contributed by atoms with Crippen LogP contribution in [0.15, 0.2) is 30.5 Å². The number of hydrogen-bond acceptors (Lipinski definition) is 4. The van der Waals surface area contributed by atoms with Gasteiger partial charge in [0.15, 0.2) is 6.04 Å². The van der Waals surface area contributed by atoms with E-state index in [-0.39, 0.29) is 17.8 Å². The van der Waals surface area contributed by atoms with Gasteiger partial charge in [-0.1, -0.05) is 12.1 Å². The van der Waals surface area contributed by atoms with Gasteiger partial charge >= 0.3 is 6.18 Å². The molecule has 2 atom stereocenters. The number of rotatable bonds is 2. The van der Waals surface area contributed by atoms with E-state index in [9.17, 15) is 13.2 Å². The van der Waals surface area contributed by atoms with Gasteiger partial charge in [-0.25, -0.2) is 4.68 Å². The largest absolute Gasteiger partial charge is 0.497 e. The molecule has 0 unspecified atom stereocenters. The molecule has 0 aliphatic carbocycles. The van der Waals surface area contributed by atoms with Crippen molar-refractivity contribution in [1.29, 1.82) is 5.26 Å². The van der Waals surface area contributed by atoms with Crippen LogP contribution in [0.3, 0.4) is 0 Å². The highest BCUT2D eigenvalue weighted by Gasteiger charge is 2.46. The third kappa shape index (κ3) is 2.70. The summed E-state index contributed by atoms with van der Waals surface area (Å²) in [6.07, 6.45) is -3.52. The Balaban J connectivity index is 2.04. The number of benzene rings is 1. The average Bonchev–Trinajstić information content (AvgIpc) is 2.96. The molecule has 0 spiro atoms. The van der Waals surface area contributed by atoms with E-state index in [0.717, 1.165) is 10.9 Å². The average molecular weight is 322 g/mol. The minimum atomic E-state index is -4.45. The Morgan fingerprint density at radius 2 is 2.22 bits per heavy atom. The van der Waals surface area contributed by atoms with Crippen LogP contribution in [0.2, 0.25) is 0 Å². The first-order chi connectivity index (χ1) is 10.9. The Bertz CT molecular complexity index is 763. The maximum Gasteiger partial charge on any atom is 0.410 e. The number of anilines is 1. The number of hydrogen-bond donors (Lipinski definition) is 1. The molecule has 23 heavy (non-hydrogen) atoms. The van der Waals surface area contributed by atoms with Crippen LogP contribution in [-0.4, -0.2) is 23.1 Å². The maximum absolute atomic E-state index is 13.4. The Morgan fingerprint density at radius 3 is 2.87 bits per heavy atom. The molecule has 1 aliphatic rings. The highest BCUT2D eigenvalue weighted by Crippen LogP contribution is 2.44. The highest BCUT2D eigenvalue weighted by molar-refractivity contribution is 5.55. The Morgan fingerprint density at radius 1 is 1.43 bits per heavy atom. The summed E-state index contributed by atoms with van der Waals surface area (Å²) in [7, 11) is 1.49. The van der Waals surface area contributed by atoms with Crippen LogP contribution < -0.4 is 10.1 Å². The predicted octanol–water partition coefficient (Wildman–Crippen LogP) is 3.42. The lowest BCUT2D eigenvalue weighted by Gasteiger charge is -2.33. The summed E-state index contributed by atoms with van der Waals surface area (Å²) >= 11 is 0. The van der Waals surface area contributed by atoms with E-state index in [4.69, 9.17) is 10.00 Å². The molecule has 1 aromatic carbocycles. The van der Waals surface area contributed by atoms with Crippen LogP contribution in [0.5, 0.6) is 5.75 Å². The summed E-state index contributed by atoms with van der Waals surface area (Å²) in [5, 5.41) is 15.8. The third-order valence-electron chi connectivity index (χ3n) is 3.86. The van der Waals surface area contributed by atoms with E-state index in [2.05, 4.69) is 10.4 Å². The molecule has 5 nitrogen and oxygen atoms in total. The second-order valence-electron chi connectivity index (χ2n) is 5.23. The van der Waals surface area contributed by atoms with E-state index < -0.39 is 18.3 Å². The normalized spacial score (nSPS) is 20.3. The van der Waals surface area contributed by atoms with Crippen molar-refractivity contribution in [3.05, 3.63) is 41.6 Å². The number of nitrogens with zero attached hydrogens (tertiary/aromatic N) is 3. The Hall–Kier alpha value is -2.69. The zero-order valence-electron chi connectivity index (χ0n) is 12.1. The van der Waals surface area contributed by atoms with Crippen LogP contribution in [0.25, 0.3) is 0 Å². The molecular formula is C15H13F3N4O. The molecular weight excluding hydrogens is 309 g/mol. The summed E-state index contributed by atoms with van der Waals surface area (Å²) in [6.45, 7) is 0. The minimum Gasteiger partial charge on any atom is -0.497 e. The molecule has 120 valence electrons. The summed E-state index contributed by atoms with van der Waals surface area (Å²) < 4.78 is 46.1. The van der Waals surface area contributed by atoms with E-state index in [1.807, 2.05) is 6.07 Å². The smallest absolute Gasteiger partial charge is 0.410 e. The van der Waals surface area contributed by atoms with Crippen LogP contribution in [-0.2, 0) is 0 Å². The fourth-order valence-corrected chi connectivity index (χ4v) is 2.72. The van der Waals surface area contributed by atoms with Gasteiger partial charge in [0.05, 0.1) is 19.3 Å². The first-order valence-corrected chi connectivity index (χ1v) is 6.89. The number of nitriles is 1. The monoisotopic (exact) mass is 322 g/mol. The van der Waals surface area contributed by atoms with Gasteiger partial charge in [-0.05, 0) is 17.7 Å². The molecule has 0 saturated carbocycles. The van der Waals surface area contributed by atoms with Gasteiger partial charge in [0.25, 0.3) is 0 Å². The molecule has 3 rings (SSSR count). The number of fused-ring (bicyclic) bond motifs is 1. The van der Waals surface area contributed by atoms with Gasteiger partial charge in [0.2, 0.25) is 0 Å². The minimum absolute atomic E-state index is 0.0897. The quantitative estimate of drug-likeness (QED) is 0.920. The first kappa shape index (κ1) is 15.2.